The number of esters is 1. The fraction of sp³-hybridized carbons (Fsp3) is 0.846. The Morgan fingerprint density at radius 2 is 1.71 bits per heavy atom. The Bertz CT molecular complexity index is 369. The van der Waals surface area contributed by atoms with Gasteiger partial charge in [0.05, 0.1) is 12.5 Å². The summed E-state index contributed by atoms with van der Waals surface area (Å²) < 4.78 is 7.86. The van der Waals surface area contributed by atoms with Gasteiger partial charge in [0, 0.05) is 11.2 Å². The third-order valence-corrected chi connectivity index (χ3v) is 5.22. The number of hydrogen-bond acceptors (Lipinski definition) is 4. The molecule has 0 aromatic rings. The molecule has 0 aliphatic heterocycles. The van der Waals surface area contributed by atoms with E-state index in [4.69, 9.17) is 39.5 Å². The van der Waals surface area contributed by atoms with Crippen LogP contribution in [-0.2, 0) is 14.3 Å². The molecule has 0 aromatic heterocycles. The molecule has 2 atom stereocenters. The van der Waals surface area contributed by atoms with Gasteiger partial charge in [-0.15, -0.1) is 0 Å². The summed E-state index contributed by atoms with van der Waals surface area (Å²) >= 11 is 20.9. The fourth-order valence-corrected chi connectivity index (χ4v) is 3.81. The fourth-order valence-electron chi connectivity index (χ4n) is 1.98. The van der Waals surface area contributed by atoms with Crippen LogP contribution in [0.1, 0.15) is 40.5 Å². The minimum absolute atomic E-state index is 0.140. The standard InChI is InChI=1S/C13H20BrCl3O4/c1-5-8(10(18)21-11(19)20-6-2)12(3,4)9(14)7-13(15,16)17/h8-9H,5-7H2,1-4H3. The molecule has 0 saturated carbocycles. The lowest BCUT2D eigenvalue weighted by atomic mass is 9.74. The van der Waals surface area contributed by atoms with Crippen molar-refractivity contribution in [2.45, 2.75) is 49.2 Å². The number of hydrogen-bond donors (Lipinski definition) is 0. The van der Waals surface area contributed by atoms with Crippen molar-refractivity contribution in [2.75, 3.05) is 6.61 Å². The smallest absolute Gasteiger partial charge is 0.434 e. The van der Waals surface area contributed by atoms with E-state index in [1.807, 2.05) is 20.8 Å². The first kappa shape index (κ1) is 21.3. The van der Waals surface area contributed by atoms with Crippen LogP contribution in [0.3, 0.4) is 0 Å². The van der Waals surface area contributed by atoms with E-state index >= 15 is 0 Å². The molecule has 21 heavy (non-hydrogen) atoms. The topological polar surface area (TPSA) is 52.6 Å². The lowest BCUT2D eigenvalue weighted by molar-refractivity contribution is -0.148. The van der Waals surface area contributed by atoms with Crippen LogP contribution in [0, 0.1) is 11.3 Å². The largest absolute Gasteiger partial charge is 0.516 e. The summed E-state index contributed by atoms with van der Waals surface area (Å²) in [6, 6.07) is 0. The number of halogens is 4. The van der Waals surface area contributed by atoms with E-state index in [0.29, 0.717) is 6.42 Å². The molecule has 0 amide bonds. The van der Waals surface area contributed by atoms with Gasteiger partial charge in [0.25, 0.3) is 0 Å². The van der Waals surface area contributed by atoms with Gasteiger partial charge in [0.1, 0.15) is 0 Å². The van der Waals surface area contributed by atoms with E-state index in [2.05, 4.69) is 20.7 Å². The summed E-state index contributed by atoms with van der Waals surface area (Å²) in [7, 11) is 0. The molecule has 8 heteroatoms. The number of carbonyl (C=O) groups excluding carboxylic acids is 2. The maximum Gasteiger partial charge on any atom is 0.516 e. The monoisotopic (exact) mass is 424 g/mol. The highest BCUT2D eigenvalue weighted by atomic mass is 79.9. The molecule has 0 radical (unpaired) electrons. The molecule has 0 saturated heterocycles. The summed E-state index contributed by atoms with van der Waals surface area (Å²) in [6.07, 6.45) is -0.301. The molecule has 0 heterocycles. The van der Waals surface area contributed by atoms with E-state index in [1.165, 1.54) is 0 Å². The first-order valence-corrected chi connectivity index (χ1v) is 8.59. The van der Waals surface area contributed by atoms with Crippen molar-refractivity contribution in [1.82, 2.24) is 0 Å². The van der Waals surface area contributed by atoms with Gasteiger partial charge in [0.2, 0.25) is 0 Å². The van der Waals surface area contributed by atoms with Gasteiger partial charge in [-0.2, -0.15) is 0 Å². The zero-order valence-electron chi connectivity index (χ0n) is 12.4. The second-order valence-corrected chi connectivity index (χ2v) is 8.79. The first-order chi connectivity index (χ1) is 9.45. The van der Waals surface area contributed by atoms with Crippen LogP contribution in [0.5, 0.6) is 0 Å². The second kappa shape index (κ2) is 8.80. The van der Waals surface area contributed by atoms with Crippen molar-refractivity contribution in [2.24, 2.45) is 11.3 Å². The van der Waals surface area contributed by atoms with Gasteiger partial charge in [-0.25, -0.2) is 4.79 Å². The third-order valence-electron chi connectivity index (χ3n) is 3.25. The average molecular weight is 427 g/mol. The third kappa shape index (κ3) is 7.40. The molecule has 0 aromatic carbocycles. The van der Waals surface area contributed by atoms with E-state index in [9.17, 15) is 9.59 Å². The molecule has 0 N–H and O–H groups in total. The maximum absolute atomic E-state index is 12.1. The summed E-state index contributed by atoms with van der Waals surface area (Å²) in [5.41, 5.74) is -0.581. The average Bonchev–Trinajstić information content (AvgIpc) is 2.26. The Morgan fingerprint density at radius 3 is 2.10 bits per heavy atom. The van der Waals surface area contributed by atoms with Gasteiger partial charge in [-0.1, -0.05) is 71.5 Å². The zero-order chi connectivity index (χ0) is 16.8. The summed E-state index contributed by atoms with van der Waals surface area (Å²) in [4.78, 5) is 23.1. The molecule has 0 fully saturated rings. The Labute approximate surface area is 148 Å². The summed E-state index contributed by atoms with van der Waals surface area (Å²) in [5, 5.41) is 0. The molecule has 0 aliphatic rings. The van der Waals surface area contributed by atoms with Gasteiger partial charge >= 0.3 is 12.1 Å². The normalized spacial score (nSPS) is 15.2. The van der Waals surface area contributed by atoms with E-state index in [1.54, 1.807) is 6.92 Å². The van der Waals surface area contributed by atoms with Crippen LogP contribution < -0.4 is 0 Å². The van der Waals surface area contributed by atoms with Crippen molar-refractivity contribution in [3.63, 3.8) is 0 Å². The van der Waals surface area contributed by atoms with E-state index in [0.717, 1.165) is 0 Å². The molecular weight excluding hydrogens is 406 g/mol. The zero-order valence-corrected chi connectivity index (χ0v) is 16.3. The number of rotatable bonds is 6. The second-order valence-electron chi connectivity index (χ2n) is 5.17. The Hall–Kier alpha value is 0.290. The molecule has 0 rings (SSSR count). The highest BCUT2D eigenvalue weighted by Crippen LogP contribution is 2.44. The SMILES string of the molecule is CCOC(=O)OC(=O)C(CC)C(C)(C)C(Br)CC(Cl)(Cl)Cl. The number of carbonyl (C=O) groups is 2. The number of alkyl halides is 4. The minimum atomic E-state index is -1.44. The summed E-state index contributed by atoms with van der Waals surface area (Å²) in [5.74, 6) is -1.19. The molecule has 0 aliphatic carbocycles. The van der Waals surface area contributed by atoms with Crippen molar-refractivity contribution in [3.8, 4) is 0 Å². The highest BCUT2D eigenvalue weighted by molar-refractivity contribution is 9.09. The molecule has 0 spiro atoms. The molecule has 0 bridgehead atoms. The lowest BCUT2D eigenvalue weighted by Crippen LogP contribution is -2.40. The maximum atomic E-state index is 12.1. The van der Waals surface area contributed by atoms with Crippen LogP contribution in [-0.4, -0.2) is 27.4 Å². The van der Waals surface area contributed by atoms with Gasteiger partial charge in [-0.05, 0) is 18.8 Å². The van der Waals surface area contributed by atoms with Crippen LogP contribution in [0.2, 0.25) is 0 Å². The predicted octanol–water partition coefficient (Wildman–Crippen LogP) is 5.26. The Morgan fingerprint density at radius 1 is 1.19 bits per heavy atom. The van der Waals surface area contributed by atoms with Crippen LogP contribution in [0.4, 0.5) is 4.79 Å². The van der Waals surface area contributed by atoms with Crippen molar-refractivity contribution >= 4 is 62.9 Å². The van der Waals surface area contributed by atoms with Crippen molar-refractivity contribution < 1.29 is 19.1 Å². The first-order valence-electron chi connectivity index (χ1n) is 6.54. The molecule has 124 valence electrons. The predicted molar refractivity (Wildman–Crippen MR) is 88.3 cm³/mol. The molecular formula is C13H20BrCl3O4. The van der Waals surface area contributed by atoms with Gasteiger partial charge in [-0.3, -0.25) is 4.79 Å². The molecule has 2 unspecified atom stereocenters. The highest BCUT2D eigenvalue weighted by Gasteiger charge is 2.43. The van der Waals surface area contributed by atoms with Gasteiger partial charge < -0.3 is 9.47 Å². The minimum Gasteiger partial charge on any atom is -0.434 e. The molecule has 4 nitrogen and oxygen atoms in total. The Balaban J connectivity index is 4.97. The van der Waals surface area contributed by atoms with Crippen LogP contribution >= 0.6 is 50.7 Å². The number of ether oxygens (including phenoxy) is 2. The van der Waals surface area contributed by atoms with Crippen LogP contribution in [0.15, 0.2) is 0 Å². The van der Waals surface area contributed by atoms with E-state index < -0.39 is 27.3 Å². The van der Waals surface area contributed by atoms with Crippen molar-refractivity contribution in [3.05, 3.63) is 0 Å². The van der Waals surface area contributed by atoms with Crippen molar-refractivity contribution in [1.29, 1.82) is 0 Å². The van der Waals surface area contributed by atoms with Gasteiger partial charge in [0.15, 0.2) is 3.79 Å². The summed E-state index contributed by atoms with van der Waals surface area (Å²) in [6.45, 7) is 7.30. The van der Waals surface area contributed by atoms with E-state index in [-0.39, 0.29) is 17.9 Å². The Kier molecular flexibility index (Phi) is 8.92. The quantitative estimate of drug-likeness (QED) is 0.330. The van der Waals surface area contributed by atoms with Crippen LogP contribution in [0.25, 0.3) is 0 Å². The lowest BCUT2D eigenvalue weighted by Gasteiger charge is -2.37.